The van der Waals surface area contributed by atoms with Gasteiger partial charge in [0.15, 0.2) is 0 Å². The molecule has 0 unspecified atom stereocenters. The summed E-state index contributed by atoms with van der Waals surface area (Å²) in [4.78, 5) is 14.9. The fourth-order valence-electron chi connectivity index (χ4n) is 3.74. The molecule has 2 N–H and O–H groups in total. The molecule has 0 aromatic heterocycles. The van der Waals surface area contributed by atoms with Gasteiger partial charge in [-0.15, -0.1) is 0 Å². The van der Waals surface area contributed by atoms with E-state index >= 15 is 0 Å². The highest BCUT2D eigenvalue weighted by atomic mass is 32.2. The maximum absolute atomic E-state index is 13.1. The van der Waals surface area contributed by atoms with Crippen molar-refractivity contribution in [2.45, 2.75) is 49.6 Å². The topological polar surface area (TPSA) is 95.9 Å². The second-order valence-electron chi connectivity index (χ2n) is 7.59. The first-order valence-electron chi connectivity index (χ1n) is 10.1. The van der Waals surface area contributed by atoms with Gasteiger partial charge in [-0.25, -0.2) is 8.42 Å². The van der Waals surface area contributed by atoms with E-state index in [4.69, 9.17) is 4.74 Å². The lowest BCUT2D eigenvalue weighted by Gasteiger charge is -2.36. The molecule has 2 aromatic rings. The first-order valence-corrected chi connectivity index (χ1v) is 11.5. The number of carbonyl (C=O) groups excluding carboxylic acids is 1. The molecule has 1 saturated heterocycles. The number of nitrogens with one attached hydrogen (secondary N) is 1. The Balaban J connectivity index is 1.80. The van der Waals surface area contributed by atoms with Crippen LogP contribution in [0.15, 0.2) is 53.4 Å². The van der Waals surface area contributed by atoms with Gasteiger partial charge >= 0.3 is 0 Å². The molecular formula is C22H28N2O5S. The van der Waals surface area contributed by atoms with Crippen molar-refractivity contribution in [1.82, 2.24) is 4.90 Å². The summed E-state index contributed by atoms with van der Waals surface area (Å²) in [6.07, 6.45) is 2.78. The van der Waals surface area contributed by atoms with E-state index in [1.54, 1.807) is 48.2 Å². The van der Waals surface area contributed by atoms with Crippen molar-refractivity contribution in [2.24, 2.45) is 0 Å². The quantitative estimate of drug-likeness (QED) is 0.700. The van der Waals surface area contributed by atoms with Gasteiger partial charge in [-0.1, -0.05) is 6.07 Å². The number of rotatable bonds is 7. The van der Waals surface area contributed by atoms with E-state index in [9.17, 15) is 18.3 Å². The zero-order chi connectivity index (χ0) is 21.7. The van der Waals surface area contributed by atoms with Crippen LogP contribution in [-0.2, 0) is 10.0 Å². The molecule has 0 spiro atoms. The Kier molecular flexibility index (Phi) is 6.99. The molecule has 30 heavy (non-hydrogen) atoms. The van der Waals surface area contributed by atoms with Gasteiger partial charge in [-0.3, -0.25) is 9.52 Å². The minimum Gasteiger partial charge on any atom is -0.497 e. The highest BCUT2D eigenvalue weighted by Crippen LogP contribution is 2.25. The fourth-order valence-corrected chi connectivity index (χ4v) is 4.85. The van der Waals surface area contributed by atoms with Crippen LogP contribution in [0.3, 0.4) is 0 Å². The molecule has 1 heterocycles. The summed E-state index contributed by atoms with van der Waals surface area (Å²) >= 11 is 0. The van der Waals surface area contributed by atoms with Crippen LogP contribution in [0.1, 0.15) is 43.0 Å². The number of piperidine rings is 1. The summed E-state index contributed by atoms with van der Waals surface area (Å²) in [6, 6.07) is 12.6. The van der Waals surface area contributed by atoms with E-state index in [0.29, 0.717) is 30.0 Å². The second-order valence-corrected chi connectivity index (χ2v) is 9.28. The van der Waals surface area contributed by atoms with Crippen LogP contribution in [0.25, 0.3) is 0 Å². The molecule has 1 aliphatic rings. The number of ether oxygens (including phenoxy) is 1. The third-order valence-corrected chi connectivity index (χ3v) is 6.61. The lowest BCUT2D eigenvalue weighted by Crippen LogP contribution is -2.45. The zero-order valence-electron chi connectivity index (χ0n) is 17.2. The van der Waals surface area contributed by atoms with Gasteiger partial charge in [0.05, 0.1) is 18.1 Å². The molecule has 1 amide bonds. The highest BCUT2D eigenvalue weighted by molar-refractivity contribution is 7.92. The van der Waals surface area contributed by atoms with Crippen LogP contribution >= 0.6 is 0 Å². The largest absolute Gasteiger partial charge is 0.497 e. The maximum Gasteiger partial charge on any atom is 0.261 e. The van der Waals surface area contributed by atoms with E-state index in [2.05, 4.69) is 4.72 Å². The molecule has 1 aliphatic heterocycles. The molecule has 162 valence electrons. The van der Waals surface area contributed by atoms with Crippen molar-refractivity contribution in [2.75, 3.05) is 18.4 Å². The van der Waals surface area contributed by atoms with Crippen molar-refractivity contribution in [3.05, 3.63) is 54.1 Å². The number of aliphatic hydroxyl groups is 1. The number of anilines is 1. The van der Waals surface area contributed by atoms with E-state index in [1.165, 1.54) is 19.2 Å². The molecule has 2 aromatic carbocycles. The van der Waals surface area contributed by atoms with Gasteiger partial charge in [-0.2, -0.15) is 0 Å². The number of hydrogen-bond acceptors (Lipinski definition) is 5. The third kappa shape index (κ3) is 5.31. The fraction of sp³-hybridized carbons (Fsp3) is 0.409. The van der Waals surface area contributed by atoms with E-state index in [1.807, 2.05) is 0 Å². The lowest BCUT2D eigenvalue weighted by molar-refractivity contribution is 0.0514. The Bertz CT molecular complexity index is 973. The number of hydrogen-bond donors (Lipinski definition) is 2. The van der Waals surface area contributed by atoms with Crippen LogP contribution in [0.2, 0.25) is 0 Å². The first kappa shape index (κ1) is 22.1. The van der Waals surface area contributed by atoms with E-state index in [0.717, 1.165) is 19.3 Å². The van der Waals surface area contributed by atoms with Crippen LogP contribution < -0.4 is 9.46 Å². The SMILES string of the molecule is COc1ccc(NS(=O)(=O)c2cccc(C(=O)N3CCCC[C@@H]3C[C@@H](C)O)c2)cc1. The van der Waals surface area contributed by atoms with Crippen LogP contribution in [0.5, 0.6) is 5.75 Å². The van der Waals surface area contributed by atoms with Crippen LogP contribution in [0, 0.1) is 0 Å². The number of methoxy groups -OCH3 is 1. The molecule has 1 fully saturated rings. The highest BCUT2D eigenvalue weighted by Gasteiger charge is 2.29. The van der Waals surface area contributed by atoms with Gasteiger partial charge < -0.3 is 14.7 Å². The average molecular weight is 433 g/mol. The van der Waals surface area contributed by atoms with Gasteiger partial charge in [0.1, 0.15) is 5.75 Å². The molecule has 2 atom stereocenters. The third-order valence-electron chi connectivity index (χ3n) is 5.23. The normalized spacial score (nSPS) is 18.0. The smallest absolute Gasteiger partial charge is 0.261 e. The number of nitrogens with zero attached hydrogens (tertiary/aromatic N) is 1. The number of likely N-dealkylation sites (tertiary alicyclic amines) is 1. The van der Waals surface area contributed by atoms with Crippen molar-refractivity contribution in [3.8, 4) is 5.75 Å². The standard InChI is InChI=1S/C22H28N2O5S/c1-16(25)14-19-7-3-4-13-24(19)22(26)17-6-5-8-21(15-17)30(27,28)23-18-9-11-20(29-2)12-10-18/h5-6,8-12,15-16,19,23,25H,3-4,7,13-14H2,1-2H3/t16-,19-/m1/s1. The molecule has 0 bridgehead atoms. The first-order chi connectivity index (χ1) is 14.3. The molecular weight excluding hydrogens is 404 g/mol. The summed E-state index contributed by atoms with van der Waals surface area (Å²) in [7, 11) is -2.32. The maximum atomic E-state index is 13.1. The zero-order valence-corrected chi connectivity index (χ0v) is 18.1. The van der Waals surface area contributed by atoms with Gasteiger partial charge in [0.25, 0.3) is 15.9 Å². The Morgan fingerprint density at radius 2 is 1.97 bits per heavy atom. The molecule has 0 radical (unpaired) electrons. The number of aliphatic hydroxyl groups excluding tert-OH is 1. The monoisotopic (exact) mass is 432 g/mol. The minimum absolute atomic E-state index is 0.0215. The average Bonchev–Trinajstić information content (AvgIpc) is 2.73. The molecule has 3 rings (SSSR count). The van der Waals surface area contributed by atoms with Crippen molar-refractivity contribution < 1.29 is 23.1 Å². The second kappa shape index (κ2) is 9.49. The predicted octanol–water partition coefficient (Wildman–Crippen LogP) is 3.26. The van der Waals surface area contributed by atoms with Crippen LogP contribution in [0.4, 0.5) is 5.69 Å². The Morgan fingerprint density at radius 3 is 2.63 bits per heavy atom. The Labute approximate surface area is 177 Å². The Morgan fingerprint density at radius 1 is 1.23 bits per heavy atom. The van der Waals surface area contributed by atoms with Crippen molar-refractivity contribution in [3.63, 3.8) is 0 Å². The number of sulfonamides is 1. The van der Waals surface area contributed by atoms with Gasteiger partial charge in [-0.05, 0) is 75.1 Å². The Hall–Kier alpha value is -2.58. The van der Waals surface area contributed by atoms with Crippen molar-refractivity contribution in [1.29, 1.82) is 0 Å². The summed E-state index contributed by atoms with van der Waals surface area (Å²) in [5, 5.41) is 9.77. The lowest BCUT2D eigenvalue weighted by atomic mass is 9.96. The number of carbonyl (C=O) groups is 1. The van der Waals surface area contributed by atoms with Gasteiger partial charge in [0.2, 0.25) is 0 Å². The summed E-state index contributed by atoms with van der Waals surface area (Å²) in [5.41, 5.74) is 0.727. The number of amides is 1. The minimum atomic E-state index is -3.85. The molecule has 0 aliphatic carbocycles. The van der Waals surface area contributed by atoms with Gasteiger partial charge in [0, 0.05) is 23.8 Å². The van der Waals surface area contributed by atoms with Crippen molar-refractivity contribution >= 4 is 21.6 Å². The van der Waals surface area contributed by atoms with E-state index < -0.39 is 16.1 Å². The van der Waals surface area contributed by atoms with Crippen LogP contribution in [-0.4, -0.2) is 50.1 Å². The van der Waals surface area contributed by atoms with E-state index in [-0.39, 0.29) is 16.8 Å². The summed E-state index contributed by atoms with van der Waals surface area (Å²) < 4.78 is 33.2. The molecule has 0 saturated carbocycles. The number of benzene rings is 2. The molecule has 8 heteroatoms. The molecule has 7 nitrogen and oxygen atoms in total. The summed E-state index contributed by atoms with van der Waals surface area (Å²) in [5.74, 6) is 0.417. The predicted molar refractivity (Wildman–Crippen MR) is 115 cm³/mol. The summed E-state index contributed by atoms with van der Waals surface area (Å²) in [6.45, 7) is 2.33.